The molecular weight excluding hydrogens is 360 g/mol. The first-order valence-corrected chi connectivity index (χ1v) is 9.33. The number of ether oxygens (including phenoxy) is 2. The van der Waals surface area contributed by atoms with Gasteiger partial charge in [-0.15, -0.1) is 10.2 Å². The minimum Gasteiger partial charge on any atom is -0.507 e. The molecule has 1 aromatic carbocycles. The fraction of sp³-hybridized carbons (Fsp3) is 0.350. The molecule has 0 saturated carbocycles. The van der Waals surface area contributed by atoms with Crippen molar-refractivity contribution in [2.24, 2.45) is 0 Å². The number of fused-ring (bicyclic) bond motifs is 2. The molecule has 0 radical (unpaired) electrons. The Bertz CT molecular complexity index is 1040. The van der Waals surface area contributed by atoms with Crippen molar-refractivity contribution < 1.29 is 19.7 Å². The molecule has 3 N–H and O–H groups in total. The van der Waals surface area contributed by atoms with Crippen molar-refractivity contribution in [3.63, 3.8) is 0 Å². The van der Waals surface area contributed by atoms with Crippen LogP contribution in [0.4, 0.5) is 5.82 Å². The van der Waals surface area contributed by atoms with Crippen LogP contribution in [-0.4, -0.2) is 57.4 Å². The number of aliphatic hydroxyl groups is 1. The van der Waals surface area contributed by atoms with Crippen LogP contribution in [-0.2, 0) is 11.2 Å². The van der Waals surface area contributed by atoms with Crippen molar-refractivity contribution in [1.82, 2.24) is 15.2 Å². The fourth-order valence-corrected chi connectivity index (χ4v) is 3.82. The van der Waals surface area contributed by atoms with E-state index in [4.69, 9.17) is 9.47 Å². The summed E-state index contributed by atoms with van der Waals surface area (Å²) in [4.78, 5) is 4.22. The number of anilines is 1. The van der Waals surface area contributed by atoms with Gasteiger partial charge in [-0.05, 0) is 24.6 Å². The lowest BCUT2D eigenvalue weighted by atomic mass is 10.0. The molecule has 0 unspecified atom stereocenters. The standard InChI is InChI=1S/C20H20N4O4/c25-16-10-27-7-5-15(16)22-20-14-9-21-6-3-11(14)18(23-24-20)13-1-2-17-12(19(13)26)4-8-28-17/h1-3,6,9,15-16,25-26H,4-5,7-8,10H2,(H,22,24)/t15-,16-/m0/s1. The van der Waals surface area contributed by atoms with E-state index < -0.39 is 6.10 Å². The molecule has 2 aliphatic rings. The van der Waals surface area contributed by atoms with Crippen LogP contribution in [0.3, 0.4) is 0 Å². The number of nitrogens with zero attached hydrogens (tertiary/aromatic N) is 3. The van der Waals surface area contributed by atoms with Crippen LogP contribution in [0.15, 0.2) is 30.6 Å². The fourth-order valence-electron chi connectivity index (χ4n) is 3.82. The first kappa shape index (κ1) is 17.2. The van der Waals surface area contributed by atoms with E-state index in [1.54, 1.807) is 18.5 Å². The molecule has 2 aliphatic heterocycles. The highest BCUT2D eigenvalue weighted by Crippen LogP contribution is 2.41. The molecular formula is C20H20N4O4. The number of benzene rings is 1. The summed E-state index contributed by atoms with van der Waals surface area (Å²) in [5.41, 5.74) is 2.00. The normalized spacial score (nSPS) is 21.3. The van der Waals surface area contributed by atoms with E-state index in [0.29, 0.717) is 55.5 Å². The number of rotatable bonds is 3. The van der Waals surface area contributed by atoms with Gasteiger partial charge < -0.3 is 25.0 Å². The summed E-state index contributed by atoms with van der Waals surface area (Å²) in [6, 6.07) is 5.35. The number of nitrogens with one attached hydrogen (secondary N) is 1. The molecule has 8 nitrogen and oxygen atoms in total. The van der Waals surface area contributed by atoms with Gasteiger partial charge in [0.15, 0.2) is 5.82 Å². The monoisotopic (exact) mass is 380 g/mol. The van der Waals surface area contributed by atoms with E-state index in [1.807, 2.05) is 12.1 Å². The van der Waals surface area contributed by atoms with Gasteiger partial charge in [-0.25, -0.2) is 0 Å². The molecule has 0 aliphatic carbocycles. The zero-order valence-corrected chi connectivity index (χ0v) is 15.1. The lowest BCUT2D eigenvalue weighted by molar-refractivity contribution is -0.0135. The zero-order valence-electron chi connectivity index (χ0n) is 15.1. The van der Waals surface area contributed by atoms with E-state index in [9.17, 15) is 10.2 Å². The summed E-state index contributed by atoms with van der Waals surface area (Å²) in [5, 5.41) is 34.6. The summed E-state index contributed by atoms with van der Waals surface area (Å²) < 4.78 is 10.8. The van der Waals surface area contributed by atoms with Crippen LogP contribution in [0, 0.1) is 0 Å². The second-order valence-electron chi connectivity index (χ2n) is 7.04. The molecule has 0 amide bonds. The maximum Gasteiger partial charge on any atom is 0.158 e. The number of aromatic nitrogens is 3. The molecule has 28 heavy (non-hydrogen) atoms. The highest BCUT2D eigenvalue weighted by Gasteiger charge is 2.26. The minimum atomic E-state index is -0.609. The molecule has 0 bridgehead atoms. The largest absolute Gasteiger partial charge is 0.507 e. The highest BCUT2D eigenvalue weighted by molar-refractivity contribution is 6.00. The smallest absolute Gasteiger partial charge is 0.158 e. The summed E-state index contributed by atoms with van der Waals surface area (Å²) >= 11 is 0. The van der Waals surface area contributed by atoms with E-state index in [0.717, 1.165) is 16.3 Å². The Morgan fingerprint density at radius 3 is 2.93 bits per heavy atom. The van der Waals surface area contributed by atoms with E-state index >= 15 is 0 Å². The summed E-state index contributed by atoms with van der Waals surface area (Å²) in [6.07, 6.45) is 4.15. The number of hydrogen-bond donors (Lipinski definition) is 3. The Morgan fingerprint density at radius 2 is 2.04 bits per heavy atom. The van der Waals surface area contributed by atoms with Crippen LogP contribution in [0.2, 0.25) is 0 Å². The molecule has 1 saturated heterocycles. The average molecular weight is 380 g/mol. The van der Waals surface area contributed by atoms with Crippen molar-refractivity contribution in [2.45, 2.75) is 25.0 Å². The number of aliphatic hydroxyl groups excluding tert-OH is 1. The van der Waals surface area contributed by atoms with Crippen LogP contribution in [0.5, 0.6) is 11.5 Å². The van der Waals surface area contributed by atoms with E-state index in [-0.39, 0.29) is 11.8 Å². The lowest BCUT2D eigenvalue weighted by Crippen LogP contribution is -2.42. The molecule has 3 aromatic rings. The van der Waals surface area contributed by atoms with Crippen molar-refractivity contribution in [1.29, 1.82) is 0 Å². The van der Waals surface area contributed by atoms with Gasteiger partial charge in [-0.1, -0.05) is 0 Å². The molecule has 2 aromatic heterocycles. The van der Waals surface area contributed by atoms with Crippen molar-refractivity contribution in [3.05, 3.63) is 36.2 Å². The topological polar surface area (TPSA) is 110 Å². The Morgan fingerprint density at radius 1 is 1.11 bits per heavy atom. The second-order valence-corrected chi connectivity index (χ2v) is 7.04. The third kappa shape index (κ3) is 2.81. The predicted molar refractivity (Wildman–Crippen MR) is 102 cm³/mol. The van der Waals surface area contributed by atoms with Gasteiger partial charge in [0.25, 0.3) is 0 Å². The zero-order chi connectivity index (χ0) is 19.1. The number of phenols is 1. The quantitative estimate of drug-likeness (QED) is 0.632. The highest BCUT2D eigenvalue weighted by atomic mass is 16.5. The molecule has 0 spiro atoms. The molecule has 5 rings (SSSR count). The minimum absolute atomic E-state index is 0.164. The lowest BCUT2D eigenvalue weighted by Gasteiger charge is -2.29. The third-order valence-corrected chi connectivity index (χ3v) is 5.33. The summed E-state index contributed by atoms with van der Waals surface area (Å²) in [5.74, 6) is 1.46. The third-order valence-electron chi connectivity index (χ3n) is 5.33. The number of pyridine rings is 1. The number of hydrogen-bond acceptors (Lipinski definition) is 8. The first-order valence-electron chi connectivity index (χ1n) is 9.33. The van der Waals surface area contributed by atoms with Gasteiger partial charge >= 0.3 is 0 Å². The van der Waals surface area contributed by atoms with E-state index in [1.165, 1.54) is 0 Å². The summed E-state index contributed by atoms with van der Waals surface area (Å²) in [7, 11) is 0. The van der Waals surface area contributed by atoms with Gasteiger partial charge in [-0.2, -0.15) is 0 Å². The Labute approximate surface area is 161 Å². The van der Waals surface area contributed by atoms with Gasteiger partial charge in [0, 0.05) is 47.3 Å². The Kier molecular flexibility index (Phi) is 4.22. The average Bonchev–Trinajstić information content (AvgIpc) is 3.20. The molecule has 8 heteroatoms. The maximum atomic E-state index is 10.8. The Balaban J connectivity index is 1.59. The van der Waals surface area contributed by atoms with Gasteiger partial charge in [-0.3, -0.25) is 4.98 Å². The van der Waals surface area contributed by atoms with Crippen LogP contribution >= 0.6 is 0 Å². The SMILES string of the molecule is Oc1c(-c2nnc(N[C@H]3CCOC[C@@H]3O)c3cnccc23)ccc2c1CCO2. The van der Waals surface area contributed by atoms with Crippen LogP contribution in [0.1, 0.15) is 12.0 Å². The first-order chi connectivity index (χ1) is 13.7. The Hall–Kier alpha value is -2.97. The molecule has 1 fully saturated rings. The van der Waals surface area contributed by atoms with Crippen LogP contribution < -0.4 is 10.1 Å². The predicted octanol–water partition coefficient (Wildman–Crippen LogP) is 1.89. The van der Waals surface area contributed by atoms with Gasteiger partial charge in [0.2, 0.25) is 0 Å². The maximum absolute atomic E-state index is 10.8. The van der Waals surface area contributed by atoms with Crippen molar-refractivity contribution in [3.8, 4) is 22.8 Å². The van der Waals surface area contributed by atoms with Crippen molar-refractivity contribution >= 4 is 16.6 Å². The van der Waals surface area contributed by atoms with Gasteiger partial charge in [0.05, 0.1) is 25.4 Å². The second kappa shape index (κ2) is 6.88. The molecule has 2 atom stereocenters. The van der Waals surface area contributed by atoms with Crippen LogP contribution in [0.25, 0.3) is 22.0 Å². The number of phenolic OH excluding ortho intramolecular Hbond substituents is 1. The summed E-state index contributed by atoms with van der Waals surface area (Å²) in [6.45, 7) is 1.45. The molecule has 144 valence electrons. The number of aromatic hydroxyl groups is 1. The van der Waals surface area contributed by atoms with Gasteiger partial charge in [0.1, 0.15) is 17.2 Å². The van der Waals surface area contributed by atoms with E-state index in [2.05, 4.69) is 20.5 Å². The van der Waals surface area contributed by atoms with Crippen molar-refractivity contribution in [2.75, 3.05) is 25.1 Å². The molecule has 4 heterocycles.